The van der Waals surface area contributed by atoms with Gasteiger partial charge in [-0.2, -0.15) is 0 Å². The van der Waals surface area contributed by atoms with E-state index >= 15 is 0 Å². The summed E-state index contributed by atoms with van der Waals surface area (Å²) >= 11 is 1.89. The molecule has 0 bridgehead atoms. The first-order valence-corrected chi connectivity index (χ1v) is 7.17. The second kappa shape index (κ2) is 8.56. The van der Waals surface area contributed by atoms with Crippen LogP contribution in [0.4, 0.5) is 0 Å². The summed E-state index contributed by atoms with van der Waals surface area (Å²) in [4.78, 5) is 1.34. The van der Waals surface area contributed by atoms with E-state index in [0.717, 1.165) is 25.9 Å². The summed E-state index contributed by atoms with van der Waals surface area (Å²) in [7, 11) is 0. The van der Waals surface area contributed by atoms with Crippen molar-refractivity contribution < 1.29 is 5.11 Å². The zero-order valence-electron chi connectivity index (χ0n) is 10.8. The largest absolute Gasteiger partial charge is 0.396 e. The van der Waals surface area contributed by atoms with Crippen molar-refractivity contribution in [2.45, 2.75) is 43.4 Å². The third-order valence-electron chi connectivity index (χ3n) is 2.39. The van der Waals surface area contributed by atoms with Crippen molar-refractivity contribution in [1.82, 2.24) is 5.32 Å². The molecule has 0 heterocycles. The maximum atomic E-state index is 8.65. The first-order valence-electron chi connectivity index (χ1n) is 6.29. The quantitative estimate of drug-likeness (QED) is 0.552. The Labute approximate surface area is 109 Å². The smallest absolute Gasteiger partial charge is 0.0431 e. The number of nitrogens with one attached hydrogen (secondary N) is 1. The maximum absolute atomic E-state index is 8.65. The summed E-state index contributed by atoms with van der Waals surface area (Å²) in [6, 6.07) is 8.75. The van der Waals surface area contributed by atoms with Gasteiger partial charge in [0.1, 0.15) is 0 Å². The minimum Gasteiger partial charge on any atom is -0.396 e. The second-order valence-corrected chi connectivity index (χ2v) is 6.07. The van der Waals surface area contributed by atoms with Crippen LogP contribution in [0.5, 0.6) is 0 Å². The van der Waals surface area contributed by atoms with Crippen LogP contribution in [0.25, 0.3) is 0 Å². The molecule has 0 aliphatic carbocycles. The minimum atomic E-state index is 0.294. The van der Waals surface area contributed by atoms with E-state index < -0.39 is 0 Å². The standard InChI is InChI=1S/C14H23NOS/c1-12(2)17-14-7-5-13(6-8-14)11-15-9-3-4-10-16/h5-8,12,15-16H,3-4,9-11H2,1-2H3. The second-order valence-electron chi connectivity index (χ2n) is 4.42. The molecule has 0 radical (unpaired) electrons. The van der Waals surface area contributed by atoms with E-state index in [-0.39, 0.29) is 0 Å². The van der Waals surface area contributed by atoms with E-state index in [1.807, 2.05) is 11.8 Å². The van der Waals surface area contributed by atoms with Crippen LogP contribution in [0.3, 0.4) is 0 Å². The number of thioether (sulfide) groups is 1. The molecule has 1 rings (SSSR count). The summed E-state index contributed by atoms with van der Waals surface area (Å²) in [6.45, 7) is 6.60. The SMILES string of the molecule is CC(C)Sc1ccc(CNCCCCO)cc1. The third kappa shape index (κ3) is 6.71. The molecule has 0 saturated heterocycles. The van der Waals surface area contributed by atoms with Crippen molar-refractivity contribution in [2.75, 3.05) is 13.2 Å². The lowest BCUT2D eigenvalue weighted by Gasteiger charge is -2.07. The zero-order chi connectivity index (χ0) is 12.5. The Morgan fingerprint density at radius 2 is 1.88 bits per heavy atom. The van der Waals surface area contributed by atoms with Crippen molar-refractivity contribution in [3.05, 3.63) is 29.8 Å². The molecule has 0 fully saturated rings. The van der Waals surface area contributed by atoms with Crippen LogP contribution in [0.2, 0.25) is 0 Å². The average molecular weight is 253 g/mol. The fourth-order valence-electron chi connectivity index (χ4n) is 1.55. The zero-order valence-corrected chi connectivity index (χ0v) is 11.6. The molecule has 17 heavy (non-hydrogen) atoms. The summed E-state index contributed by atoms with van der Waals surface area (Å²) in [5.74, 6) is 0. The normalized spacial score (nSPS) is 11.1. The van der Waals surface area contributed by atoms with Gasteiger partial charge in [0.25, 0.3) is 0 Å². The van der Waals surface area contributed by atoms with E-state index in [2.05, 4.69) is 43.4 Å². The third-order valence-corrected chi connectivity index (χ3v) is 3.40. The molecule has 1 aromatic rings. The molecule has 96 valence electrons. The summed E-state index contributed by atoms with van der Waals surface area (Å²) in [5.41, 5.74) is 1.32. The number of unbranched alkanes of at least 4 members (excludes halogenated alkanes) is 1. The Morgan fingerprint density at radius 1 is 1.18 bits per heavy atom. The fraction of sp³-hybridized carbons (Fsp3) is 0.571. The number of hydrogen-bond donors (Lipinski definition) is 2. The van der Waals surface area contributed by atoms with Gasteiger partial charge < -0.3 is 10.4 Å². The fourth-order valence-corrected chi connectivity index (χ4v) is 2.39. The van der Waals surface area contributed by atoms with E-state index in [1.165, 1.54) is 10.5 Å². The van der Waals surface area contributed by atoms with Crippen LogP contribution in [0, 0.1) is 0 Å². The molecule has 0 saturated carbocycles. The molecule has 3 heteroatoms. The molecule has 0 atom stereocenters. The Hall–Kier alpha value is -0.510. The summed E-state index contributed by atoms with van der Waals surface area (Å²) < 4.78 is 0. The van der Waals surface area contributed by atoms with Crippen LogP contribution in [0.1, 0.15) is 32.3 Å². The number of aliphatic hydroxyl groups is 1. The molecule has 0 amide bonds. The van der Waals surface area contributed by atoms with Crippen LogP contribution in [-0.4, -0.2) is 23.5 Å². The molecule has 2 N–H and O–H groups in total. The minimum absolute atomic E-state index is 0.294. The first-order chi connectivity index (χ1) is 8.22. The highest BCUT2D eigenvalue weighted by Gasteiger charge is 1.98. The van der Waals surface area contributed by atoms with Crippen LogP contribution in [-0.2, 0) is 6.54 Å². The number of aliphatic hydroxyl groups excluding tert-OH is 1. The lowest BCUT2D eigenvalue weighted by Crippen LogP contribution is -2.14. The molecule has 0 aliphatic rings. The highest BCUT2D eigenvalue weighted by Crippen LogP contribution is 2.22. The first kappa shape index (κ1) is 14.6. The van der Waals surface area contributed by atoms with Gasteiger partial charge in [-0.05, 0) is 37.1 Å². The Balaban J connectivity index is 2.25. The highest BCUT2D eigenvalue weighted by atomic mass is 32.2. The van der Waals surface area contributed by atoms with E-state index in [9.17, 15) is 0 Å². The van der Waals surface area contributed by atoms with Crippen molar-refractivity contribution in [3.8, 4) is 0 Å². The Morgan fingerprint density at radius 3 is 2.47 bits per heavy atom. The Kier molecular flexibility index (Phi) is 7.33. The number of hydrogen-bond acceptors (Lipinski definition) is 3. The molecule has 0 unspecified atom stereocenters. The molecular formula is C14H23NOS. The molecule has 1 aromatic carbocycles. The van der Waals surface area contributed by atoms with Crippen molar-refractivity contribution in [3.63, 3.8) is 0 Å². The monoisotopic (exact) mass is 253 g/mol. The lowest BCUT2D eigenvalue weighted by molar-refractivity contribution is 0.283. The Bertz CT molecular complexity index is 298. The average Bonchev–Trinajstić information content (AvgIpc) is 2.30. The van der Waals surface area contributed by atoms with Crippen LogP contribution >= 0.6 is 11.8 Å². The van der Waals surface area contributed by atoms with Gasteiger partial charge in [-0.15, -0.1) is 11.8 Å². The topological polar surface area (TPSA) is 32.3 Å². The van der Waals surface area contributed by atoms with Gasteiger partial charge in [-0.25, -0.2) is 0 Å². The molecule has 0 spiro atoms. The number of rotatable bonds is 8. The summed E-state index contributed by atoms with van der Waals surface area (Å²) in [5, 5.41) is 12.7. The predicted octanol–water partition coefficient (Wildman–Crippen LogP) is 3.05. The highest BCUT2D eigenvalue weighted by molar-refractivity contribution is 7.99. The van der Waals surface area contributed by atoms with Gasteiger partial charge in [0.05, 0.1) is 0 Å². The molecular weight excluding hydrogens is 230 g/mol. The van der Waals surface area contributed by atoms with Gasteiger partial charge in [-0.3, -0.25) is 0 Å². The molecule has 0 aromatic heterocycles. The van der Waals surface area contributed by atoms with Crippen molar-refractivity contribution in [2.24, 2.45) is 0 Å². The predicted molar refractivity (Wildman–Crippen MR) is 75.5 cm³/mol. The molecule has 0 aliphatic heterocycles. The van der Waals surface area contributed by atoms with Crippen LogP contribution < -0.4 is 5.32 Å². The summed E-state index contributed by atoms with van der Waals surface area (Å²) in [6.07, 6.45) is 1.93. The van der Waals surface area contributed by atoms with Gasteiger partial charge in [0.2, 0.25) is 0 Å². The van der Waals surface area contributed by atoms with E-state index in [1.54, 1.807) is 0 Å². The van der Waals surface area contributed by atoms with E-state index in [4.69, 9.17) is 5.11 Å². The van der Waals surface area contributed by atoms with Gasteiger partial charge in [0.15, 0.2) is 0 Å². The lowest BCUT2D eigenvalue weighted by atomic mass is 10.2. The van der Waals surface area contributed by atoms with Crippen molar-refractivity contribution >= 4 is 11.8 Å². The van der Waals surface area contributed by atoms with Gasteiger partial charge >= 0.3 is 0 Å². The van der Waals surface area contributed by atoms with Crippen LogP contribution in [0.15, 0.2) is 29.2 Å². The number of benzene rings is 1. The van der Waals surface area contributed by atoms with Gasteiger partial charge in [-0.1, -0.05) is 26.0 Å². The van der Waals surface area contributed by atoms with Crippen molar-refractivity contribution in [1.29, 1.82) is 0 Å². The maximum Gasteiger partial charge on any atom is 0.0431 e. The molecule has 2 nitrogen and oxygen atoms in total. The van der Waals surface area contributed by atoms with Gasteiger partial charge in [0, 0.05) is 23.3 Å². The van der Waals surface area contributed by atoms with E-state index in [0.29, 0.717) is 11.9 Å².